The van der Waals surface area contributed by atoms with Gasteiger partial charge in [0.15, 0.2) is 4.96 Å². The first-order chi connectivity index (χ1) is 9.25. The number of thiazole rings is 1. The van der Waals surface area contributed by atoms with Gasteiger partial charge in [-0.25, -0.2) is 4.98 Å². The van der Waals surface area contributed by atoms with E-state index in [-0.39, 0.29) is 5.56 Å². The lowest BCUT2D eigenvalue weighted by molar-refractivity contribution is 1.15. The molecule has 0 aliphatic carbocycles. The number of aromatic nitrogens is 2. The van der Waals surface area contributed by atoms with Crippen LogP contribution in [0.1, 0.15) is 5.56 Å². The van der Waals surface area contributed by atoms with Crippen molar-refractivity contribution in [2.45, 2.75) is 6.92 Å². The molecule has 0 fully saturated rings. The molecule has 4 heteroatoms. The van der Waals surface area contributed by atoms with Gasteiger partial charge in [0.1, 0.15) is 0 Å². The van der Waals surface area contributed by atoms with Gasteiger partial charge in [0, 0.05) is 0 Å². The van der Waals surface area contributed by atoms with Crippen molar-refractivity contribution >= 4 is 37.4 Å². The van der Waals surface area contributed by atoms with E-state index in [2.05, 4.69) is 4.98 Å². The summed E-state index contributed by atoms with van der Waals surface area (Å²) in [6.07, 6.45) is 0. The molecule has 3 nitrogen and oxygen atoms in total. The summed E-state index contributed by atoms with van der Waals surface area (Å²) in [6, 6.07) is 13.6. The van der Waals surface area contributed by atoms with Crippen molar-refractivity contribution in [3.63, 3.8) is 0 Å². The summed E-state index contributed by atoms with van der Waals surface area (Å²) in [7, 11) is 0. The van der Waals surface area contributed by atoms with Gasteiger partial charge >= 0.3 is 0 Å². The Morgan fingerprint density at radius 3 is 2.84 bits per heavy atom. The Morgan fingerprint density at radius 2 is 1.95 bits per heavy atom. The molecule has 0 radical (unpaired) electrons. The van der Waals surface area contributed by atoms with Gasteiger partial charge in [0.2, 0.25) is 0 Å². The van der Waals surface area contributed by atoms with Crippen molar-refractivity contribution in [3.8, 4) is 0 Å². The maximum Gasteiger partial charge on any atom is 0.266 e. The third-order valence-electron chi connectivity index (χ3n) is 3.37. The molecule has 0 unspecified atom stereocenters. The Labute approximate surface area is 112 Å². The van der Waals surface area contributed by atoms with Crippen LogP contribution in [0.2, 0.25) is 0 Å². The summed E-state index contributed by atoms with van der Waals surface area (Å²) < 4.78 is 2.83. The van der Waals surface area contributed by atoms with E-state index >= 15 is 0 Å². The highest BCUT2D eigenvalue weighted by molar-refractivity contribution is 7.23. The molecule has 92 valence electrons. The molecule has 2 heterocycles. The lowest BCUT2D eigenvalue weighted by atomic mass is 10.2. The van der Waals surface area contributed by atoms with E-state index in [1.165, 1.54) is 0 Å². The highest BCUT2D eigenvalue weighted by atomic mass is 32.1. The summed E-state index contributed by atoms with van der Waals surface area (Å²) >= 11 is 1.56. The highest BCUT2D eigenvalue weighted by Gasteiger charge is 2.12. The predicted molar refractivity (Wildman–Crippen MR) is 79.1 cm³/mol. The Kier molecular flexibility index (Phi) is 2.05. The standard InChI is InChI=1S/C15H10N2OS/c1-9-5-4-8-12-13(9)17-14(18)10-6-2-3-7-11(10)16-15(17)19-12/h2-8H,1H3. The normalized spacial score (nSPS) is 11.6. The third kappa shape index (κ3) is 1.37. The van der Waals surface area contributed by atoms with Crippen LogP contribution >= 0.6 is 11.3 Å². The maximum absolute atomic E-state index is 12.6. The highest BCUT2D eigenvalue weighted by Crippen LogP contribution is 2.27. The van der Waals surface area contributed by atoms with Gasteiger partial charge in [-0.3, -0.25) is 9.20 Å². The molecule has 0 N–H and O–H groups in total. The van der Waals surface area contributed by atoms with Gasteiger partial charge in [0.25, 0.3) is 5.56 Å². The molecule has 0 aliphatic heterocycles. The minimum atomic E-state index is 0.0150. The topological polar surface area (TPSA) is 34.4 Å². The molecule has 0 spiro atoms. The molecule has 19 heavy (non-hydrogen) atoms. The number of aryl methyl sites for hydroxylation is 1. The largest absolute Gasteiger partial charge is 0.268 e. The van der Waals surface area contributed by atoms with Gasteiger partial charge in [-0.2, -0.15) is 0 Å². The zero-order chi connectivity index (χ0) is 13.0. The molecule has 0 saturated heterocycles. The van der Waals surface area contributed by atoms with E-state index in [0.717, 1.165) is 26.3 Å². The molecule has 0 amide bonds. The number of benzene rings is 2. The number of rotatable bonds is 0. The average Bonchev–Trinajstić information content (AvgIpc) is 2.79. The summed E-state index contributed by atoms with van der Waals surface area (Å²) in [5.74, 6) is 0. The van der Waals surface area contributed by atoms with E-state index in [0.29, 0.717) is 5.39 Å². The molecule has 0 atom stereocenters. The van der Waals surface area contributed by atoms with E-state index < -0.39 is 0 Å². The molecule has 4 aromatic rings. The van der Waals surface area contributed by atoms with Crippen LogP contribution in [0.25, 0.3) is 26.1 Å². The van der Waals surface area contributed by atoms with Crippen LogP contribution in [0.3, 0.4) is 0 Å². The quantitative estimate of drug-likeness (QED) is 0.489. The van der Waals surface area contributed by atoms with Crippen molar-refractivity contribution in [3.05, 3.63) is 58.4 Å². The number of fused-ring (bicyclic) bond motifs is 4. The number of hydrogen-bond acceptors (Lipinski definition) is 3. The van der Waals surface area contributed by atoms with Crippen LogP contribution in [0.5, 0.6) is 0 Å². The number of para-hydroxylation sites is 2. The van der Waals surface area contributed by atoms with Gasteiger partial charge in [-0.1, -0.05) is 35.6 Å². The van der Waals surface area contributed by atoms with Crippen LogP contribution in [0.15, 0.2) is 47.3 Å². The summed E-state index contributed by atoms with van der Waals surface area (Å²) in [4.78, 5) is 18.0. The van der Waals surface area contributed by atoms with E-state index in [9.17, 15) is 4.79 Å². The average molecular weight is 266 g/mol. The maximum atomic E-state index is 12.6. The van der Waals surface area contributed by atoms with Crippen molar-refractivity contribution in [2.24, 2.45) is 0 Å². The van der Waals surface area contributed by atoms with Crippen LogP contribution in [-0.4, -0.2) is 9.38 Å². The lowest BCUT2D eigenvalue weighted by Crippen LogP contribution is -2.13. The molecule has 2 aromatic heterocycles. The number of hydrogen-bond donors (Lipinski definition) is 0. The Hall–Kier alpha value is -2.20. The van der Waals surface area contributed by atoms with Crippen molar-refractivity contribution in [1.29, 1.82) is 0 Å². The first-order valence-electron chi connectivity index (χ1n) is 6.05. The predicted octanol–water partition coefficient (Wildman–Crippen LogP) is 3.37. The van der Waals surface area contributed by atoms with Crippen molar-refractivity contribution in [2.75, 3.05) is 0 Å². The fraction of sp³-hybridized carbons (Fsp3) is 0.0667. The Balaban J connectivity index is 2.39. The Bertz CT molecular complexity index is 997. The summed E-state index contributed by atoms with van der Waals surface area (Å²) in [5.41, 5.74) is 2.85. The fourth-order valence-electron chi connectivity index (χ4n) is 2.48. The SMILES string of the molecule is Cc1cccc2sc3nc4ccccc4c(=O)n3c12. The van der Waals surface area contributed by atoms with Crippen LogP contribution < -0.4 is 5.56 Å². The monoisotopic (exact) mass is 266 g/mol. The van der Waals surface area contributed by atoms with Crippen LogP contribution in [0, 0.1) is 6.92 Å². The zero-order valence-electron chi connectivity index (χ0n) is 10.3. The second-order valence-electron chi connectivity index (χ2n) is 4.58. The second kappa shape index (κ2) is 3.65. The molecule has 0 bridgehead atoms. The fourth-order valence-corrected chi connectivity index (χ4v) is 3.58. The van der Waals surface area contributed by atoms with E-state index in [1.807, 2.05) is 49.4 Å². The number of nitrogens with zero attached hydrogens (tertiary/aromatic N) is 2. The summed E-state index contributed by atoms with van der Waals surface area (Å²) in [5, 5.41) is 0.669. The molecule has 4 rings (SSSR count). The first kappa shape index (κ1) is 10.7. The van der Waals surface area contributed by atoms with Gasteiger partial charge in [-0.05, 0) is 30.7 Å². The van der Waals surface area contributed by atoms with E-state index in [1.54, 1.807) is 15.7 Å². The minimum Gasteiger partial charge on any atom is -0.268 e. The van der Waals surface area contributed by atoms with Gasteiger partial charge < -0.3 is 0 Å². The van der Waals surface area contributed by atoms with E-state index in [4.69, 9.17) is 0 Å². The summed E-state index contributed by atoms with van der Waals surface area (Å²) in [6.45, 7) is 2.02. The van der Waals surface area contributed by atoms with Crippen LogP contribution in [-0.2, 0) is 0 Å². The van der Waals surface area contributed by atoms with Gasteiger partial charge in [0.05, 0.1) is 21.1 Å². The molecular formula is C15H10N2OS. The van der Waals surface area contributed by atoms with Crippen molar-refractivity contribution < 1.29 is 0 Å². The zero-order valence-corrected chi connectivity index (χ0v) is 11.1. The lowest BCUT2D eigenvalue weighted by Gasteiger charge is -2.00. The Morgan fingerprint density at radius 1 is 1.11 bits per heavy atom. The minimum absolute atomic E-state index is 0.0150. The smallest absolute Gasteiger partial charge is 0.266 e. The molecule has 2 aromatic carbocycles. The second-order valence-corrected chi connectivity index (χ2v) is 5.58. The molecule has 0 saturated carbocycles. The van der Waals surface area contributed by atoms with Crippen molar-refractivity contribution in [1.82, 2.24) is 9.38 Å². The third-order valence-corrected chi connectivity index (χ3v) is 4.38. The van der Waals surface area contributed by atoms with Crippen LogP contribution in [0.4, 0.5) is 0 Å². The molecular weight excluding hydrogens is 256 g/mol. The molecule has 0 aliphatic rings. The first-order valence-corrected chi connectivity index (χ1v) is 6.87. The van der Waals surface area contributed by atoms with Gasteiger partial charge in [-0.15, -0.1) is 0 Å².